The Kier molecular flexibility index (Phi) is 3.48. The Morgan fingerprint density at radius 2 is 2.21 bits per heavy atom. The second-order valence-corrected chi connectivity index (χ2v) is 6.67. The van der Waals surface area contributed by atoms with E-state index >= 15 is 0 Å². The number of fused-ring (bicyclic) bond motifs is 1. The van der Waals surface area contributed by atoms with Crippen LogP contribution in [-0.2, 0) is 6.54 Å². The van der Waals surface area contributed by atoms with E-state index in [0.717, 1.165) is 11.0 Å². The first kappa shape index (κ1) is 13.3. The number of nitrogens with one attached hydrogen (secondary N) is 1. The highest BCUT2D eigenvalue weighted by atomic mass is 127. The number of aromatic nitrogens is 2. The number of halogens is 2. The number of thiophene rings is 1. The first-order chi connectivity index (χ1) is 9.06. The molecule has 0 radical (unpaired) electrons. The van der Waals surface area contributed by atoms with Gasteiger partial charge in [0.25, 0.3) is 0 Å². The molecule has 2 aromatic heterocycles. The Balaban J connectivity index is 2.18. The largest absolute Gasteiger partial charge is 0.331 e. The third-order valence-corrected chi connectivity index (χ3v) is 5.17. The highest BCUT2D eigenvalue weighted by Gasteiger charge is 2.10. The standard InChI is InChI=1S/C13H10FIN2S2/c1-7-5-19-6-8(7)4-17-12-2-9(14)10(15)3-11(12)16-13(17)18/h2-3,5-6H,4H2,1H3,(H,16,18). The zero-order valence-electron chi connectivity index (χ0n) is 10.0. The number of rotatable bonds is 2. The quantitative estimate of drug-likeness (QED) is 0.478. The highest BCUT2D eigenvalue weighted by molar-refractivity contribution is 14.1. The van der Waals surface area contributed by atoms with E-state index in [2.05, 4.69) is 22.7 Å². The second-order valence-electron chi connectivity index (χ2n) is 4.38. The monoisotopic (exact) mass is 404 g/mol. The van der Waals surface area contributed by atoms with E-state index in [1.165, 1.54) is 11.1 Å². The minimum absolute atomic E-state index is 0.210. The fourth-order valence-electron chi connectivity index (χ4n) is 2.03. The summed E-state index contributed by atoms with van der Waals surface area (Å²) in [6.45, 7) is 2.75. The molecule has 2 nitrogen and oxygen atoms in total. The predicted molar refractivity (Wildman–Crippen MR) is 88.0 cm³/mol. The van der Waals surface area contributed by atoms with Gasteiger partial charge in [0.15, 0.2) is 4.77 Å². The molecule has 6 heteroatoms. The average molecular weight is 404 g/mol. The van der Waals surface area contributed by atoms with Crippen molar-refractivity contribution in [3.63, 3.8) is 0 Å². The van der Waals surface area contributed by atoms with Crippen molar-refractivity contribution in [2.75, 3.05) is 0 Å². The SMILES string of the molecule is Cc1cscc1Cn1c(=S)[nH]c2cc(I)c(F)cc21. The van der Waals surface area contributed by atoms with Gasteiger partial charge in [-0.25, -0.2) is 4.39 Å². The van der Waals surface area contributed by atoms with E-state index < -0.39 is 0 Å². The van der Waals surface area contributed by atoms with Crippen LogP contribution in [0.5, 0.6) is 0 Å². The van der Waals surface area contributed by atoms with E-state index in [1.54, 1.807) is 23.5 Å². The van der Waals surface area contributed by atoms with E-state index in [4.69, 9.17) is 12.2 Å². The summed E-state index contributed by atoms with van der Waals surface area (Å²) in [6, 6.07) is 3.34. The smallest absolute Gasteiger partial charge is 0.178 e. The fourth-order valence-corrected chi connectivity index (χ4v) is 3.62. The Hall–Kier alpha value is -0.730. The van der Waals surface area contributed by atoms with Gasteiger partial charge in [-0.3, -0.25) is 0 Å². The summed E-state index contributed by atoms with van der Waals surface area (Å²) in [5, 5.41) is 4.22. The molecule has 2 heterocycles. The lowest BCUT2D eigenvalue weighted by molar-refractivity contribution is 0.621. The number of benzene rings is 1. The molecule has 98 valence electrons. The molecule has 1 aromatic carbocycles. The van der Waals surface area contributed by atoms with E-state index in [9.17, 15) is 4.39 Å². The van der Waals surface area contributed by atoms with Crippen molar-refractivity contribution in [3.8, 4) is 0 Å². The van der Waals surface area contributed by atoms with Gasteiger partial charge < -0.3 is 9.55 Å². The molecule has 3 rings (SSSR count). The van der Waals surface area contributed by atoms with Crippen molar-refractivity contribution < 1.29 is 4.39 Å². The zero-order valence-corrected chi connectivity index (χ0v) is 13.8. The number of H-pyrrole nitrogens is 1. The third kappa shape index (κ3) is 2.36. The lowest BCUT2D eigenvalue weighted by atomic mass is 10.2. The van der Waals surface area contributed by atoms with Gasteiger partial charge in [0, 0.05) is 6.07 Å². The normalized spacial score (nSPS) is 11.3. The van der Waals surface area contributed by atoms with Gasteiger partial charge in [-0.15, -0.1) is 0 Å². The van der Waals surface area contributed by atoms with Crippen LogP contribution in [-0.4, -0.2) is 9.55 Å². The minimum atomic E-state index is -0.210. The molecule has 0 amide bonds. The molecule has 0 saturated carbocycles. The summed E-state index contributed by atoms with van der Waals surface area (Å²) in [6.07, 6.45) is 0. The van der Waals surface area contributed by atoms with Crippen molar-refractivity contribution in [1.29, 1.82) is 0 Å². The van der Waals surface area contributed by atoms with Gasteiger partial charge in [-0.05, 0) is 69.7 Å². The maximum Gasteiger partial charge on any atom is 0.178 e. The molecule has 0 bridgehead atoms. The molecule has 3 aromatic rings. The van der Waals surface area contributed by atoms with Gasteiger partial charge >= 0.3 is 0 Å². The summed E-state index contributed by atoms with van der Waals surface area (Å²) in [5.74, 6) is -0.210. The molecule has 0 saturated heterocycles. The Morgan fingerprint density at radius 1 is 1.42 bits per heavy atom. The molecule has 0 aliphatic carbocycles. The van der Waals surface area contributed by atoms with Crippen LogP contribution in [0, 0.1) is 21.1 Å². The lowest BCUT2D eigenvalue weighted by Gasteiger charge is -2.05. The van der Waals surface area contributed by atoms with Crippen molar-refractivity contribution in [3.05, 3.63) is 48.2 Å². The molecule has 19 heavy (non-hydrogen) atoms. The topological polar surface area (TPSA) is 20.7 Å². The fraction of sp³-hybridized carbons (Fsp3) is 0.154. The summed E-state index contributed by atoms with van der Waals surface area (Å²) in [7, 11) is 0. The first-order valence-electron chi connectivity index (χ1n) is 5.65. The van der Waals surface area contributed by atoms with Crippen LogP contribution >= 0.6 is 46.1 Å². The van der Waals surface area contributed by atoms with Crippen LogP contribution in [0.4, 0.5) is 4.39 Å². The molecular weight excluding hydrogens is 394 g/mol. The van der Waals surface area contributed by atoms with Crippen molar-refractivity contribution in [2.24, 2.45) is 0 Å². The molecule has 0 fully saturated rings. The number of aromatic amines is 1. The lowest BCUT2D eigenvalue weighted by Crippen LogP contribution is -2.00. The Bertz CT molecular complexity index is 816. The third-order valence-electron chi connectivity index (χ3n) is 3.11. The molecule has 0 unspecified atom stereocenters. The van der Waals surface area contributed by atoms with Crippen LogP contribution in [0.15, 0.2) is 22.9 Å². The number of nitrogens with zero attached hydrogens (tertiary/aromatic N) is 1. The van der Waals surface area contributed by atoms with E-state index in [1.807, 2.05) is 27.2 Å². The second kappa shape index (κ2) is 4.99. The summed E-state index contributed by atoms with van der Waals surface area (Å²) in [5.41, 5.74) is 4.16. The number of imidazole rings is 1. The van der Waals surface area contributed by atoms with Crippen LogP contribution in [0.2, 0.25) is 0 Å². The molecule has 0 atom stereocenters. The Labute approximate surface area is 132 Å². The van der Waals surface area contributed by atoms with Gasteiger partial charge in [-0.1, -0.05) is 0 Å². The maximum absolute atomic E-state index is 13.7. The molecular formula is C13H10FIN2S2. The zero-order chi connectivity index (χ0) is 13.6. The van der Waals surface area contributed by atoms with Crippen LogP contribution in [0.3, 0.4) is 0 Å². The van der Waals surface area contributed by atoms with E-state index in [0.29, 0.717) is 14.9 Å². The van der Waals surface area contributed by atoms with Crippen molar-refractivity contribution in [1.82, 2.24) is 9.55 Å². The number of hydrogen-bond donors (Lipinski definition) is 1. The molecule has 0 aliphatic rings. The average Bonchev–Trinajstić information content (AvgIpc) is 2.88. The predicted octanol–water partition coefficient (Wildman–Crippen LogP) is 4.86. The number of hydrogen-bond acceptors (Lipinski definition) is 2. The maximum atomic E-state index is 13.7. The van der Waals surface area contributed by atoms with Gasteiger partial charge in [0.2, 0.25) is 0 Å². The summed E-state index contributed by atoms with van der Waals surface area (Å²) in [4.78, 5) is 3.14. The van der Waals surface area contributed by atoms with Crippen LogP contribution in [0.1, 0.15) is 11.1 Å². The molecule has 0 spiro atoms. The van der Waals surface area contributed by atoms with Crippen LogP contribution in [0.25, 0.3) is 11.0 Å². The molecule has 1 N–H and O–H groups in total. The van der Waals surface area contributed by atoms with Crippen molar-refractivity contribution in [2.45, 2.75) is 13.5 Å². The van der Waals surface area contributed by atoms with Gasteiger partial charge in [-0.2, -0.15) is 11.3 Å². The van der Waals surface area contributed by atoms with Gasteiger partial charge in [0.05, 0.1) is 21.1 Å². The summed E-state index contributed by atoms with van der Waals surface area (Å²) >= 11 is 9.00. The summed E-state index contributed by atoms with van der Waals surface area (Å²) < 4.78 is 16.9. The van der Waals surface area contributed by atoms with E-state index in [-0.39, 0.29) is 5.82 Å². The Morgan fingerprint density at radius 3 is 2.89 bits per heavy atom. The molecule has 0 aliphatic heterocycles. The highest BCUT2D eigenvalue weighted by Crippen LogP contribution is 2.23. The van der Waals surface area contributed by atoms with Crippen LogP contribution < -0.4 is 0 Å². The van der Waals surface area contributed by atoms with Gasteiger partial charge in [0.1, 0.15) is 5.82 Å². The van der Waals surface area contributed by atoms with Crippen molar-refractivity contribution >= 4 is 57.2 Å². The number of aryl methyl sites for hydroxylation is 1. The first-order valence-corrected chi connectivity index (χ1v) is 8.08. The minimum Gasteiger partial charge on any atom is -0.331 e.